The topological polar surface area (TPSA) is 108 Å². The standard InChI is InChI=1S/C25H23FN6O2S/c1-17(18-12-14-20(15-13-18)35(33,34)27-2)31-32-24-22(21-10-6-7-11-23(21)26)16-28-25(30-24)29-19-8-4-3-5-9-19/h3-16,27H,1-2H3,(H2,28,29,30,32). The molecule has 0 saturated carbocycles. The molecule has 178 valence electrons. The van der Waals surface area contributed by atoms with E-state index in [1.807, 2.05) is 30.3 Å². The molecule has 3 aromatic carbocycles. The van der Waals surface area contributed by atoms with Gasteiger partial charge in [0, 0.05) is 23.0 Å². The van der Waals surface area contributed by atoms with Crippen molar-refractivity contribution in [3.8, 4) is 11.1 Å². The molecule has 0 atom stereocenters. The van der Waals surface area contributed by atoms with Crippen LogP contribution in [0.4, 0.5) is 21.8 Å². The van der Waals surface area contributed by atoms with Crippen LogP contribution in [0.15, 0.2) is 95.1 Å². The number of nitrogens with zero attached hydrogens (tertiary/aromatic N) is 3. The highest BCUT2D eigenvalue weighted by Gasteiger charge is 2.14. The zero-order chi connectivity index (χ0) is 24.8. The van der Waals surface area contributed by atoms with Crippen LogP contribution in [-0.4, -0.2) is 31.1 Å². The van der Waals surface area contributed by atoms with Crippen LogP contribution in [0.3, 0.4) is 0 Å². The van der Waals surface area contributed by atoms with Gasteiger partial charge in [-0.25, -0.2) is 22.5 Å². The maximum atomic E-state index is 14.5. The van der Waals surface area contributed by atoms with E-state index in [-0.39, 0.29) is 4.90 Å². The summed E-state index contributed by atoms with van der Waals surface area (Å²) in [6.07, 6.45) is 1.53. The lowest BCUT2D eigenvalue weighted by Crippen LogP contribution is -2.18. The normalized spacial score (nSPS) is 11.8. The Kier molecular flexibility index (Phi) is 7.14. The van der Waals surface area contributed by atoms with E-state index in [4.69, 9.17) is 0 Å². The third-order valence-electron chi connectivity index (χ3n) is 5.16. The summed E-state index contributed by atoms with van der Waals surface area (Å²) in [5.74, 6) is 0.204. The van der Waals surface area contributed by atoms with E-state index in [1.165, 1.54) is 31.4 Å². The Morgan fingerprint density at radius 3 is 2.29 bits per heavy atom. The highest BCUT2D eigenvalue weighted by molar-refractivity contribution is 7.89. The summed E-state index contributed by atoms with van der Waals surface area (Å²) in [6, 6.07) is 22.1. The van der Waals surface area contributed by atoms with Crippen molar-refractivity contribution >= 4 is 33.2 Å². The predicted molar refractivity (Wildman–Crippen MR) is 136 cm³/mol. The van der Waals surface area contributed by atoms with Gasteiger partial charge < -0.3 is 5.32 Å². The number of rotatable bonds is 8. The van der Waals surface area contributed by atoms with Crippen molar-refractivity contribution in [2.45, 2.75) is 11.8 Å². The van der Waals surface area contributed by atoms with Crippen LogP contribution in [0, 0.1) is 5.82 Å². The van der Waals surface area contributed by atoms with E-state index in [2.05, 4.69) is 30.5 Å². The number of para-hydroxylation sites is 1. The molecule has 0 radical (unpaired) electrons. The van der Waals surface area contributed by atoms with Crippen LogP contribution in [0.5, 0.6) is 0 Å². The van der Waals surface area contributed by atoms with Gasteiger partial charge in [0.2, 0.25) is 16.0 Å². The molecule has 3 N–H and O–H groups in total. The first kappa shape index (κ1) is 24.0. The largest absolute Gasteiger partial charge is 0.324 e. The van der Waals surface area contributed by atoms with Crippen molar-refractivity contribution in [3.63, 3.8) is 0 Å². The van der Waals surface area contributed by atoms with Gasteiger partial charge in [-0.2, -0.15) is 10.1 Å². The molecule has 8 nitrogen and oxygen atoms in total. The van der Waals surface area contributed by atoms with Crippen LogP contribution in [0.25, 0.3) is 11.1 Å². The second kappa shape index (κ2) is 10.4. The second-order valence-corrected chi connectivity index (χ2v) is 9.35. The van der Waals surface area contributed by atoms with E-state index >= 15 is 0 Å². The first-order valence-corrected chi connectivity index (χ1v) is 12.1. The molecule has 1 heterocycles. The van der Waals surface area contributed by atoms with Gasteiger partial charge >= 0.3 is 0 Å². The fourth-order valence-corrected chi connectivity index (χ4v) is 3.98. The number of hydrogen-bond acceptors (Lipinski definition) is 7. The molecule has 0 bridgehead atoms. The second-order valence-electron chi connectivity index (χ2n) is 7.47. The van der Waals surface area contributed by atoms with Gasteiger partial charge in [-0.05, 0) is 49.9 Å². The molecule has 0 unspecified atom stereocenters. The van der Waals surface area contributed by atoms with Crippen LogP contribution in [0.2, 0.25) is 0 Å². The number of anilines is 3. The molecular weight excluding hydrogens is 467 g/mol. The van der Waals surface area contributed by atoms with Gasteiger partial charge in [0.15, 0.2) is 5.82 Å². The molecule has 0 saturated heterocycles. The van der Waals surface area contributed by atoms with Crippen LogP contribution >= 0.6 is 0 Å². The summed E-state index contributed by atoms with van der Waals surface area (Å²) in [5, 5.41) is 7.52. The summed E-state index contributed by atoms with van der Waals surface area (Å²) >= 11 is 0. The van der Waals surface area contributed by atoms with Crippen molar-refractivity contribution in [2.24, 2.45) is 5.10 Å². The van der Waals surface area contributed by atoms with Crippen LogP contribution in [0.1, 0.15) is 12.5 Å². The fraction of sp³-hybridized carbons (Fsp3) is 0.0800. The Morgan fingerprint density at radius 2 is 1.60 bits per heavy atom. The summed E-state index contributed by atoms with van der Waals surface area (Å²) < 4.78 is 40.7. The molecule has 4 aromatic rings. The molecule has 0 aliphatic rings. The molecule has 0 aliphatic heterocycles. The van der Waals surface area contributed by atoms with E-state index in [0.717, 1.165) is 5.69 Å². The first-order valence-electron chi connectivity index (χ1n) is 10.7. The van der Waals surface area contributed by atoms with Crippen molar-refractivity contribution in [1.82, 2.24) is 14.7 Å². The van der Waals surface area contributed by atoms with Crippen LogP contribution in [-0.2, 0) is 10.0 Å². The maximum absolute atomic E-state index is 14.5. The summed E-state index contributed by atoms with van der Waals surface area (Å²) in [7, 11) is -2.18. The number of aromatic nitrogens is 2. The summed E-state index contributed by atoms with van der Waals surface area (Å²) in [6.45, 7) is 1.77. The van der Waals surface area contributed by atoms with E-state index in [0.29, 0.717) is 34.2 Å². The predicted octanol–water partition coefficient (Wildman–Crippen LogP) is 4.77. The van der Waals surface area contributed by atoms with Crippen molar-refractivity contribution in [2.75, 3.05) is 17.8 Å². The zero-order valence-electron chi connectivity index (χ0n) is 19.0. The minimum atomic E-state index is -3.53. The van der Waals surface area contributed by atoms with E-state index in [9.17, 15) is 12.8 Å². The molecule has 0 aliphatic carbocycles. The highest BCUT2D eigenvalue weighted by Crippen LogP contribution is 2.29. The fourth-order valence-electron chi connectivity index (χ4n) is 3.25. The van der Waals surface area contributed by atoms with Gasteiger partial charge in [-0.3, -0.25) is 5.43 Å². The smallest absolute Gasteiger partial charge is 0.240 e. The van der Waals surface area contributed by atoms with Crippen molar-refractivity contribution in [1.29, 1.82) is 0 Å². The average Bonchev–Trinajstić information content (AvgIpc) is 2.88. The minimum absolute atomic E-state index is 0.152. The highest BCUT2D eigenvalue weighted by atomic mass is 32.2. The van der Waals surface area contributed by atoms with Gasteiger partial charge in [0.05, 0.1) is 10.6 Å². The monoisotopic (exact) mass is 490 g/mol. The summed E-state index contributed by atoms with van der Waals surface area (Å²) in [4.78, 5) is 9.00. The van der Waals surface area contributed by atoms with Gasteiger partial charge in [0.25, 0.3) is 0 Å². The third-order valence-corrected chi connectivity index (χ3v) is 6.59. The van der Waals surface area contributed by atoms with Crippen molar-refractivity contribution in [3.05, 3.63) is 96.4 Å². The Hall–Kier alpha value is -4.15. The van der Waals surface area contributed by atoms with Crippen LogP contribution < -0.4 is 15.5 Å². The Labute approximate surface area is 203 Å². The molecule has 1 aromatic heterocycles. The lowest BCUT2D eigenvalue weighted by molar-refractivity contribution is 0.588. The van der Waals surface area contributed by atoms with Crippen molar-refractivity contribution < 1.29 is 12.8 Å². The molecule has 0 amide bonds. The third kappa shape index (κ3) is 5.68. The number of hydrazone groups is 1. The molecule has 10 heteroatoms. The Bertz CT molecular complexity index is 1460. The van der Waals surface area contributed by atoms with Gasteiger partial charge in [0.1, 0.15) is 5.82 Å². The maximum Gasteiger partial charge on any atom is 0.240 e. The zero-order valence-corrected chi connectivity index (χ0v) is 19.8. The Balaban J connectivity index is 1.66. The number of sulfonamides is 1. The lowest BCUT2D eigenvalue weighted by atomic mass is 10.1. The molecule has 4 rings (SSSR count). The molecule has 0 fully saturated rings. The first-order chi connectivity index (χ1) is 16.9. The lowest BCUT2D eigenvalue weighted by Gasteiger charge is -2.12. The van der Waals surface area contributed by atoms with Gasteiger partial charge in [-0.1, -0.05) is 48.5 Å². The SMILES string of the molecule is CNS(=O)(=O)c1ccc(C(C)=NNc2nc(Nc3ccccc3)ncc2-c2ccccc2F)cc1. The average molecular weight is 491 g/mol. The van der Waals surface area contributed by atoms with E-state index < -0.39 is 15.8 Å². The Morgan fingerprint density at radius 1 is 0.914 bits per heavy atom. The minimum Gasteiger partial charge on any atom is -0.324 e. The van der Waals surface area contributed by atoms with E-state index in [1.54, 1.807) is 37.3 Å². The quantitative estimate of drug-likeness (QED) is 0.243. The number of nitrogens with one attached hydrogen (secondary N) is 3. The van der Waals surface area contributed by atoms with Gasteiger partial charge in [-0.15, -0.1) is 0 Å². The number of halogens is 1. The summed E-state index contributed by atoms with van der Waals surface area (Å²) in [5.41, 5.74) is 5.77. The molecular formula is C25H23FN6O2S. The molecule has 35 heavy (non-hydrogen) atoms. The molecule has 0 spiro atoms. The number of benzene rings is 3. The number of hydrogen-bond donors (Lipinski definition) is 3.